The molecule has 48 valence electrons. The first-order valence-electron chi connectivity index (χ1n) is 2.87. The maximum Gasteiger partial charge on any atom is 0.132 e. The quantitative estimate of drug-likeness (QED) is 0.569. The Kier molecular flexibility index (Phi) is 1.80. The maximum atomic E-state index is 12.5. The minimum absolute atomic E-state index is 0.160. The molecule has 0 aliphatic rings. The fourth-order valence-corrected chi connectivity index (χ4v) is 0.701. The van der Waals surface area contributed by atoms with Crippen molar-refractivity contribution in [1.29, 1.82) is 0 Å². The highest BCUT2D eigenvalue weighted by atomic mass is 19.1. The molecule has 0 saturated carbocycles. The summed E-state index contributed by atoms with van der Waals surface area (Å²) in [6.45, 7) is 0.521. The molecular formula is C7H9FN+. The van der Waals surface area contributed by atoms with E-state index in [0.717, 1.165) is 0 Å². The number of benzene rings is 1. The summed E-state index contributed by atoms with van der Waals surface area (Å²) in [7, 11) is 0. The average molecular weight is 126 g/mol. The summed E-state index contributed by atoms with van der Waals surface area (Å²) in [5, 5.41) is 0. The summed E-state index contributed by atoms with van der Waals surface area (Å²) in [5.74, 6) is -0.160. The van der Waals surface area contributed by atoms with Crippen molar-refractivity contribution in [3.05, 3.63) is 35.6 Å². The minimum Gasteiger partial charge on any atom is -0.354 e. The van der Waals surface area contributed by atoms with Gasteiger partial charge in [0, 0.05) is 5.56 Å². The predicted molar refractivity (Wildman–Crippen MR) is 33.0 cm³/mol. The van der Waals surface area contributed by atoms with Gasteiger partial charge in [0.05, 0.1) is 0 Å². The number of halogens is 1. The van der Waals surface area contributed by atoms with Crippen LogP contribution < -0.4 is 5.73 Å². The van der Waals surface area contributed by atoms with Crippen LogP contribution in [0.25, 0.3) is 0 Å². The third kappa shape index (κ3) is 1.27. The fraction of sp³-hybridized carbons (Fsp3) is 0.143. The van der Waals surface area contributed by atoms with E-state index < -0.39 is 0 Å². The molecule has 0 unspecified atom stereocenters. The Bertz CT molecular complexity index is 198. The summed E-state index contributed by atoms with van der Waals surface area (Å²) < 4.78 is 12.5. The van der Waals surface area contributed by atoms with Crippen LogP contribution in [0, 0.1) is 5.82 Å². The van der Waals surface area contributed by atoms with Crippen LogP contribution in [-0.2, 0) is 6.54 Å². The van der Waals surface area contributed by atoms with E-state index in [1.165, 1.54) is 6.07 Å². The standard InChI is InChI=1S/C7H8FN/c8-7-4-2-1-3-6(7)5-9/h1-4H,5,9H2/p+1. The van der Waals surface area contributed by atoms with E-state index in [1.807, 2.05) is 6.07 Å². The second-order valence-corrected chi connectivity index (χ2v) is 1.84. The number of hydrogen-bond donors (Lipinski definition) is 1. The van der Waals surface area contributed by atoms with E-state index in [-0.39, 0.29) is 5.82 Å². The molecule has 0 fully saturated rings. The van der Waals surface area contributed by atoms with Gasteiger partial charge in [-0.05, 0) is 6.07 Å². The first-order valence-corrected chi connectivity index (χ1v) is 2.87. The highest BCUT2D eigenvalue weighted by Crippen LogP contribution is 2.02. The van der Waals surface area contributed by atoms with Crippen LogP contribution in [0.2, 0.25) is 0 Å². The van der Waals surface area contributed by atoms with E-state index in [2.05, 4.69) is 5.73 Å². The van der Waals surface area contributed by atoms with E-state index in [9.17, 15) is 4.39 Å². The zero-order valence-electron chi connectivity index (χ0n) is 5.10. The van der Waals surface area contributed by atoms with Crippen LogP contribution in [0.3, 0.4) is 0 Å². The first kappa shape index (κ1) is 6.23. The molecule has 2 heteroatoms. The lowest BCUT2D eigenvalue weighted by Crippen LogP contribution is -2.47. The molecule has 3 N–H and O–H groups in total. The molecule has 0 bridgehead atoms. The number of hydrogen-bond acceptors (Lipinski definition) is 0. The summed E-state index contributed by atoms with van der Waals surface area (Å²) >= 11 is 0. The van der Waals surface area contributed by atoms with Gasteiger partial charge in [0.25, 0.3) is 0 Å². The molecule has 1 aromatic rings. The third-order valence-corrected chi connectivity index (χ3v) is 1.23. The zero-order chi connectivity index (χ0) is 6.69. The average Bonchev–Trinajstić information content (AvgIpc) is 1.89. The Labute approximate surface area is 53.3 Å². The molecule has 1 aromatic carbocycles. The molecule has 1 nitrogen and oxygen atoms in total. The van der Waals surface area contributed by atoms with Crippen LogP contribution in [0.4, 0.5) is 4.39 Å². The third-order valence-electron chi connectivity index (χ3n) is 1.23. The molecule has 0 radical (unpaired) electrons. The number of quaternary nitrogens is 1. The topological polar surface area (TPSA) is 27.6 Å². The van der Waals surface area contributed by atoms with Crippen molar-refractivity contribution in [2.24, 2.45) is 0 Å². The Morgan fingerprint density at radius 2 is 2.00 bits per heavy atom. The van der Waals surface area contributed by atoms with Gasteiger partial charge in [0.1, 0.15) is 12.4 Å². The Balaban J connectivity index is 3.01. The lowest BCUT2D eigenvalue weighted by molar-refractivity contribution is -0.386. The van der Waals surface area contributed by atoms with E-state index in [0.29, 0.717) is 12.1 Å². The van der Waals surface area contributed by atoms with Crippen molar-refractivity contribution in [2.45, 2.75) is 6.54 Å². The van der Waals surface area contributed by atoms with Crippen molar-refractivity contribution in [2.75, 3.05) is 0 Å². The fourth-order valence-electron chi connectivity index (χ4n) is 0.701. The van der Waals surface area contributed by atoms with Crippen LogP contribution in [-0.4, -0.2) is 0 Å². The van der Waals surface area contributed by atoms with Crippen molar-refractivity contribution in [1.82, 2.24) is 0 Å². The van der Waals surface area contributed by atoms with Crippen molar-refractivity contribution in [3.8, 4) is 0 Å². The minimum atomic E-state index is -0.160. The largest absolute Gasteiger partial charge is 0.354 e. The van der Waals surface area contributed by atoms with E-state index >= 15 is 0 Å². The van der Waals surface area contributed by atoms with Gasteiger partial charge in [-0.1, -0.05) is 18.2 Å². The molecule has 9 heavy (non-hydrogen) atoms. The first-order chi connectivity index (χ1) is 4.34. The normalized spacial score (nSPS) is 9.56. The van der Waals surface area contributed by atoms with Crippen molar-refractivity contribution >= 4 is 0 Å². The van der Waals surface area contributed by atoms with Gasteiger partial charge in [-0.25, -0.2) is 4.39 Å². The van der Waals surface area contributed by atoms with E-state index in [4.69, 9.17) is 0 Å². The van der Waals surface area contributed by atoms with E-state index in [1.54, 1.807) is 12.1 Å². The van der Waals surface area contributed by atoms with Gasteiger partial charge < -0.3 is 5.73 Å². The van der Waals surface area contributed by atoms with Gasteiger partial charge in [0.2, 0.25) is 0 Å². The van der Waals surface area contributed by atoms with Gasteiger partial charge in [-0.3, -0.25) is 0 Å². The predicted octanol–water partition coefficient (Wildman–Crippen LogP) is 0.568. The van der Waals surface area contributed by atoms with Crippen molar-refractivity contribution < 1.29 is 10.1 Å². The molecule has 0 atom stereocenters. The molecule has 0 amide bonds. The van der Waals surface area contributed by atoms with Gasteiger partial charge >= 0.3 is 0 Å². The molecular weight excluding hydrogens is 117 g/mol. The number of rotatable bonds is 1. The molecule has 0 heterocycles. The Morgan fingerprint density at radius 1 is 1.33 bits per heavy atom. The second kappa shape index (κ2) is 2.60. The van der Waals surface area contributed by atoms with Crippen molar-refractivity contribution in [3.63, 3.8) is 0 Å². The van der Waals surface area contributed by atoms with Gasteiger partial charge in [-0.2, -0.15) is 0 Å². The highest BCUT2D eigenvalue weighted by molar-refractivity contribution is 5.15. The Morgan fingerprint density at radius 3 is 2.44 bits per heavy atom. The molecule has 0 aliphatic heterocycles. The van der Waals surface area contributed by atoms with Gasteiger partial charge in [-0.15, -0.1) is 0 Å². The summed E-state index contributed by atoms with van der Waals surface area (Å²) in [5.41, 5.74) is 4.26. The summed E-state index contributed by atoms with van der Waals surface area (Å²) in [6.07, 6.45) is 0. The molecule has 1 rings (SSSR count). The second-order valence-electron chi connectivity index (χ2n) is 1.84. The van der Waals surface area contributed by atoms with Gasteiger partial charge in [0.15, 0.2) is 0 Å². The van der Waals surface area contributed by atoms with Crippen LogP contribution in [0.5, 0.6) is 0 Å². The lowest BCUT2D eigenvalue weighted by atomic mass is 10.2. The summed E-state index contributed by atoms with van der Waals surface area (Å²) in [4.78, 5) is 0. The summed E-state index contributed by atoms with van der Waals surface area (Å²) in [6, 6.07) is 6.67. The molecule has 0 aromatic heterocycles. The smallest absolute Gasteiger partial charge is 0.132 e. The maximum absolute atomic E-state index is 12.5. The monoisotopic (exact) mass is 126 g/mol. The van der Waals surface area contributed by atoms with Crippen LogP contribution >= 0.6 is 0 Å². The molecule has 0 spiro atoms. The van der Waals surface area contributed by atoms with Crippen LogP contribution in [0.1, 0.15) is 5.56 Å². The zero-order valence-corrected chi connectivity index (χ0v) is 5.10. The lowest BCUT2D eigenvalue weighted by Gasteiger charge is -1.92. The molecule has 0 aliphatic carbocycles. The molecule has 0 saturated heterocycles. The Hall–Kier alpha value is -0.890. The van der Waals surface area contributed by atoms with Crippen LogP contribution in [0.15, 0.2) is 24.3 Å². The highest BCUT2D eigenvalue weighted by Gasteiger charge is 1.96. The SMILES string of the molecule is [NH3+]Cc1ccccc1F.